The minimum atomic E-state index is 0.0198. The van der Waals surface area contributed by atoms with E-state index in [4.69, 9.17) is 10.5 Å². The molecule has 0 fully saturated rings. The summed E-state index contributed by atoms with van der Waals surface area (Å²) >= 11 is 3.64. The lowest BCUT2D eigenvalue weighted by atomic mass is 9.91. The van der Waals surface area contributed by atoms with Gasteiger partial charge in [-0.1, -0.05) is 18.2 Å². The van der Waals surface area contributed by atoms with E-state index in [1.165, 1.54) is 11.3 Å². The molecule has 0 radical (unpaired) electrons. The first-order chi connectivity index (χ1) is 10.1. The van der Waals surface area contributed by atoms with Gasteiger partial charge in [0.05, 0.1) is 22.5 Å². The summed E-state index contributed by atoms with van der Waals surface area (Å²) < 4.78 is 8.85. The molecule has 21 heavy (non-hydrogen) atoms. The van der Waals surface area contributed by atoms with Gasteiger partial charge in [-0.15, -0.1) is 0 Å². The fourth-order valence-electron chi connectivity index (χ4n) is 2.97. The Bertz CT molecular complexity index is 653. The second kappa shape index (κ2) is 5.81. The van der Waals surface area contributed by atoms with Crippen molar-refractivity contribution >= 4 is 15.9 Å². The Morgan fingerprint density at radius 3 is 3.00 bits per heavy atom. The molecule has 2 atom stereocenters. The van der Waals surface area contributed by atoms with Crippen LogP contribution in [0.4, 0.5) is 0 Å². The predicted octanol–water partition coefficient (Wildman–Crippen LogP) is 3.02. The minimum Gasteiger partial charge on any atom is -0.493 e. The average molecular weight is 350 g/mol. The van der Waals surface area contributed by atoms with Crippen LogP contribution in [0.1, 0.15) is 29.8 Å². The largest absolute Gasteiger partial charge is 0.493 e. The molecule has 2 heterocycles. The van der Waals surface area contributed by atoms with Gasteiger partial charge in [0.25, 0.3) is 0 Å². The van der Waals surface area contributed by atoms with Crippen LogP contribution in [-0.2, 0) is 13.0 Å². The van der Waals surface area contributed by atoms with Gasteiger partial charge in [0.1, 0.15) is 5.75 Å². The molecule has 1 aliphatic rings. The lowest BCUT2D eigenvalue weighted by Crippen LogP contribution is -2.32. The van der Waals surface area contributed by atoms with Gasteiger partial charge in [0.15, 0.2) is 0 Å². The molecule has 0 spiro atoms. The van der Waals surface area contributed by atoms with Crippen molar-refractivity contribution in [3.63, 3.8) is 0 Å². The summed E-state index contributed by atoms with van der Waals surface area (Å²) in [5.41, 5.74) is 9.90. The van der Waals surface area contributed by atoms with E-state index in [1.54, 1.807) is 0 Å². The molecular weight excluding hydrogens is 330 g/mol. The van der Waals surface area contributed by atoms with Gasteiger partial charge in [-0.25, -0.2) is 0 Å². The second-order valence-corrected chi connectivity index (χ2v) is 6.28. The van der Waals surface area contributed by atoms with Crippen LogP contribution in [0.3, 0.4) is 0 Å². The number of aromatic nitrogens is 2. The summed E-state index contributed by atoms with van der Waals surface area (Å²) in [4.78, 5) is 0. The van der Waals surface area contributed by atoms with Crippen molar-refractivity contribution in [2.45, 2.75) is 38.8 Å². The Labute approximate surface area is 133 Å². The van der Waals surface area contributed by atoms with E-state index in [0.29, 0.717) is 6.61 Å². The molecular formula is C16H20BrN3O. The third-order valence-corrected chi connectivity index (χ3v) is 5.17. The summed E-state index contributed by atoms with van der Waals surface area (Å²) in [6, 6.07) is 8.19. The fraction of sp³-hybridized carbons (Fsp3) is 0.438. The minimum absolute atomic E-state index is 0.0198. The SMILES string of the molecule is CCn1nc(C)c(Br)c1CC(N)C1COc2ccccc21. The maximum Gasteiger partial charge on any atom is 0.122 e. The number of rotatable bonds is 4. The molecule has 112 valence electrons. The molecule has 1 aromatic heterocycles. The number of fused-ring (bicyclic) bond motifs is 1. The van der Waals surface area contributed by atoms with Crippen LogP contribution in [0.2, 0.25) is 0 Å². The highest BCUT2D eigenvalue weighted by Crippen LogP contribution is 2.36. The molecule has 2 unspecified atom stereocenters. The number of halogens is 1. The maximum atomic E-state index is 6.49. The molecule has 2 N–H and O–H groups in total. The van der Waals surface area contributed by atoms with Crippen molar-refractivity contribution in [2.75, 3.05) is 6.61 Å². The average Bonchev–Trinajstić information content (AvgIpc) is 3.03. The lowest BCUT2D eigenvalue weighted by Gasteiger charge is -2.19. The molecule has 1 aromatic carbocycles. The van der Waals surface area contributed by atoms with Gasteiger partial charge in [-0.2, -0.15) is 5.10 Å². The Morgan fingerprint density at radius 2 is 2.24 bits per heavy atom. The smallest absolute Gasteiger partial charge is 0.122 e. The molecule has 0 saturated heterocycles. The van der Waals surface area contributed by atoms with Crippen LogP contribution in [0.5, 0.6) is 5.75 Å². The standard InChI is InChI=1S/C16H20BrN3O/c1-3-20-14(16(17)10(2)19-20)8-13(18)12-9-21-15-7-5-4-6-11(12)15/h4-7,12-13H,3,8-9,18H2,1-2H3. The van der Waals surface area contributed by atoms with Gasteiger partial charge in [-0.3, -0.25) is 4.68 Å². The monoisotopic (exact) mass is 349 g/mol. The highest BCUT2D eigenvalue weighted by Gasteiger charge is 2.30. The highest BCUT2D eigenvalue weighted by molar-refractivity contribution is 9.10. The number of hydrogen-bond acceptors (Lipinski definition) is 3. The van der Waals surface area contributed by atoms with Crippen molar-refractivity contribution in [3.8, 4) is 5.75 Å². The zero-order valence-corrected chi connectivity index (χ0v) is 13.9. The Hall–Kier alpha value is -1.33. The van der Waals surface area contributed by atoms with E-state index >= 15 is 0 Å². The molecule has 1 aliphatic heterocycles. The van der Waals surface area contributed by atoms with Crippen LogP contribution < -0.4 is 10.5 Å². The third-order valence-electron chi connectivity index (χ3n) is 4.14. The molecule has 4 nitrogen and oxygen atoms in total. The zero-order chi connectivity index (χ0) is 15.0. The van der Waals surface area contributed by atoms with Gasteiger partial charge in [0, 0.05) is 30.5 Å². The van der Waals surface area contributed by atoms with E-state index in [-0.39, 0.29) is 12.0 Å². The van der Waals surface area contributed by atoms with Gasteiger partial charge in [-0.05, 0) is 35.8 Å². The topological polar surface area (TPSA) is 53.1 Å². The first-order valence-electron chi connectivity index (χ1n) is 7.31. The summed E-state index contributed by atoms with van der Waals surface area (Å²) in [5.74, 6) is 1.21. The van der Waals surface area contributed by atoms with Crippen molar-refractivity contribution < 1.29 is 4.74 Å². The number of nitrogens with zero attached hydrogens (tertiary/aromatic N) is 2. The van der Waals surface area contributed by atoms with Crippen molar-refractivity contribution in [1.82, 2.24) is 9.78 Å². The van der Waals surface area contributed by atoms with Crippen LogP contribution in [-0.4, -0.2) is 22.4 Å². The van der Waals surface area contributed by atoms with Crippen LogP contribution in [0.25, 0.3) is 0 Å². The Kier molecular flexibility index (Phi) is 4.04. The molecule has 5 heteroatoms. The predicted molar refractivity (Wildman–Crippen MR) is 86.7 cm³/mol. The van der Waals surface area contributed by atoms with Crippen molar-refractivity contribution in [3.05, 3.63) is 45.7 Å². The number of aryl methyl sites for hydroxylation is 2. The fourth-order valence-corrected chi connectivity index (χ4v) is 3.42. The quantitative estimate of drug-likeness (QED) is 0.922. The summed E-state index contributed by atoms with van der Waals surface area (Å²) in [7, 11) is 0. The normalized spacial score (nSPS) is 18.4. The summed E-state index contributed by atoms with van der Waals surface area (Å²) in [6.07, 6.45) is 0.789. The van der Waals surface area contributed by atoms with E-state index in [2.05, 4.69) is 34.0 Å². The van der Waals surface area contributed by atoms with E-state index in [1.807, 2.05) is 29.8 Å². The second-order valence-electron chi connectivity index (χ2n) is 5.49. The molecule has 0 aliphatic carbocycles. The van der Waals surface area contributed by atoms with Gasteiger partial charge < -0.3 is 10.5 Å². The van der Waals surface area contributed by atoms with Crippen LogP contribution in [0.15, 0.2) is 28.7 Å². The van der Waals surface area contributed by atoms with Crippen molar-refractivity contribution in [1.29, 1.82) is 0 Å². The van der Waals surface area contributed by atoms with Gasteiger partial charge >= 0.3 is 0 Å². The number of benzene rings is 1. The zero-order valence-electron chi connectivity index (χ0n) is 12.3. The van der Waals surface area contributed by atoms with E-state index < -0.39 is 0 Å². The Balaban J connectivity index is 1.83. The molecule has 0 bridgehead atoms. The number of para-hydroxylation sites is 1. The van der Waals surface area contributed by atoms with E-state index in [0.717, 1.165) is 28.9 Å². The number of nitrogens with two attached hydrogens (primary N) is 1. The third kappa shape index (κ3) is 2.60. The Morgan fingerprint density at radius 1 is 1.48 bits per heavy atom. The van der Waals surface area contributed by atoms with Crippen LogP contribution in [0, 0.1) is 6.92 Å². The lowest BCUT2D eigenvalue weighted by molar-refractivity contribution is 0.312. The van der Waals surface area contributed by atoms with E-state index in [9.17, 15) is 0 Å². The summed E-state index contributed by atoms with van der Waals surface area (Å²) in [5, 5.41) is 4.54. The molecule has 2 aromatic rings. The first-order valence-corrected chi connectivity index (χ1v) is 8.10. The maximum absolute atomic E-state index is 6.49. The highest BCUT2D eigenvalue weighted by atomic mass is 79.9. The van der Waals surface area contributed by atoms with Crippen molar-refractivity contribution in [2.24, 2.45) is 5.73 Å². The first kappa shape index (κ1) is 14.6. The molecule has 0 saturated carbocycles. The van der Waals surface area contributed by atoms with Gasteiger partial charge in [0.2, 0.25) is 0 Å². The van der Waals surface area contributed by atoms with Crippen LogP contribution >= 0.6 is 15.9 Å². The number of hydrogen-bond donors (Lipinski definition) is 1. The summed E-state index contributed by atoms with van der Waals surface area (Å²) in [6.45, 7) is 5.63. The molecule has 0 amide bonds. The molecule has 3 rings (SSSR count). The number of ether oxygens (including phenoxy) is 1.